The van der Waals surface area contributed by atoms with Gasteiger partial charge in [-0.2, -0.15) is 0 Å². The Hall–Kier alpha value is -3.95. The van der Waals surface area contributed by atoms with E-state index in [2.05, 4.69) is 17.4 Å². The van der Waals surface area contributed by atoms with Crippen molar-refractivity contribution in [1.29, 1.82) is 0 Å². The fourth-order valence-corrected chi connectivity index (χ4v) is 5.09. The SMILES string of the molecule is CCOC(=O)c1sc(-c2ccc3ccccc3c2)nc1CNCC(=O)OCCCc1ccc(OC)cc1OC. The first-order valence-corrected chi connectivity index (χ1v) is 13.6. The van der Waals surface area contributed by atoms with Crippen LogP contribution in [0.2, 0.25) is 0 Å². The van der Waals surface area contributed by atoms with Crippen molar-refractivity contribution in [3.05, 3.63) is 76.8 Å². The summed E-state index contributed by atoms with van der Waals surface area (Å²) in [4.78, 5) is 30.0. The molecule has 0 spiro atoms. The molecular formula is C30H32N2O6S. The minimum atomic E-state index is -0.421. The maximum absolute atomic E-state index is 12.6. The van der Waals surface area contributed by atoms with Crippen molar-refractivity contribution in [2.45, 2.75) is 26.3 Å². The molecule has 0 saturated carbocycles. The molecule has 0 amide bonds. The van der Waals surface area contributed by atoms with E-state index in [1.54, 1.807) is 21.1 Å². The summed E-state index contributed by atoms with van der Waals surface area (Å²) in [5.74, 6) is 0.671. The van der Waals surface area contributed by atoms with Crippen LogP contribution < -0.4 is 14.8 Å². The summed E-state index contributed by atoms with van der Waals surface area (Å²) >= 11 is 1.29. The van der Waals surface area contributed by atoms with Gasteiger partial charge in [-0.25, -0.2) is 9.78 Å². The second kappa shape index (κ2) is 13.7. The summed E-state index contributed by atoms with van der Waals surface area (Å²) in [7, 11) is 3.22. The zero-order valence-electron chi connectivity index (χ0n) is 22.3. The zero-order valence-corrected chi connectivity index (χ0v) is 23.1. The van der Waals surface area contributed by atoms with Gasteiger partial charge in [-0.05, 0) is 48.2 Å². The molecule has 0 radical (unpaired) electrons. The number of hydrogen-bond donors (Lipinski definition) is 1. The van der Waals surface area contributed by atoms with Crippen LogP contribution in [0.25, 0.3) is 21.3 Å². The first-order valence-electron chi connectivity index (χ1n) is 12.8. The Bertz CT molecular complexity index is 1430. The van der Waals surface area contributed by atoms with E-state index < -0.39 is 5.97 Å². The molecule has 0 saturated heterocycles. The number of carbonyl (C=O) groups is 2. The molecule has 0 aliphatic heterocycles. The Morgan fingerprint density at radius 3 is 2.54 bits per heavy atom. The molecule has 0 bridgehead atoms. The summed E-state index contributed by atoms with van der Waals surface area (Å²) in [6, 6.07) is 19.8. The third-order valence-corrected chi connectivity index (χ3v) is 7.19. The van der Waals surface area contributed by atoms with E-state index in [1.165, 1.54) is 11.3 Å². The molecule has 0 aliphatic carbocycles. The Balaban J connectivity index is 1.32. The van der Waals surface area contributed by atoms with Gasteiger partial charge in [-0.3, -0.25) is 4.79 Å². The largest absolute Gasteiger partial charge is 0.497 e. The highest BCUT2D eigenvalue weighted by Gasteiger charge is 2.20. The van der Waals surface area contributed by atoms with E-state index in [9.17, 15) is 9.59 Å². The molecule has 39 heavy (non-hydrogen) atoms. The molecule has 1 aromatic heterocycles. The van der Waals surface area contributed by atoms with E-state index in [1.807, 2.05) is 48.5 Å². The number of nitrogens with zero attached hydrogens (tertiary/aromatic N) is 1. The lowest BCUT2D eigenvalue weighted by atomic mass is 10.1. The van der Waals surface area contributed by atoms with Crippen LogP contribution in [0.15, 0.2) is 60.7 Å². The van der Waals surface area contributed by atoms with Gasteiger partial charge in [0, 0.05) is 18.2 Å². The van der Waals surface area contributed by atoms with Crippen molar-refractivity contribution in [3.63, 3.8) is 0 Å². The third-order valence-electron chi connectivity index (χ3n) is 6.06. The summed E-state index contributed by atoms with van der Waals surface area (Å²) in [6.45, 7) is 2.55. The number of hydrogen-bond acceptors (Lipinski definition) is 9. The average Bonchev–Trinajstić information content (AvgIpc) is 3.39. The third kappa shape index (κ3) is 7.34. The standard InChI is InChI=1S/C30H32N2O6S/c1-4-37-30(34)28-25(32-29(39-28)23-12-11-20-8-5-6-9-22(20)16-23)18-31-19-27(33)38-15-7-10-21-13-14-24(35-2)17-26(21)36-3/h5-6,8-9,11-14,16-17,31H,4,7,10,15,18-19H2,1-3H3. The quantitative estimate of drug-likeness (QED) is 0.175. The van der Waals surface area contributed by atoms with Crippen LogP contribution in [0.3, 0.4) is 0 Å². The van der Waals surface area contributed by atoms with Gasteiger partial charge in [0.1, 0.15) is 21.4 Å². The van der Waals surface area contributed by atoms with E-state index in [4.69, 9.17) is 23.9 Å². The fourth-order valence-electron chi connectivity index (χ4n) is 4.11. The second-order valence-electron chi connectivity index (χ2n) is 8.68. The molecule has 1 N–H and O–H groups in total. The van der Waals surface area contributed by atoms with Gasteiger partial charge in [0.15, 0.2) is 0 Å². The highest BCUT2D eigenvalue weighted by atomic mass is 32.1. The number of methoxy groups -OCH3 is 2. The zero-order chi connectivity index (χ0) is 27.6. The summed E-state index contributed by atoms with van der Waals surface area (Å²) in [6.07, 6.45) is 1.36. The maximum atomic E-state index is 12.6. The number of aryl methyl sites for hydroxylation is 1. The second-order valence-corrected chi connectivity index (χ2v) is 9.68. The fraction of sp³-hybridized carbons (Fsp3) is 0.300. The number of carbonyl (C=O) groups excluding carboxylic acids is 2. The first kappa shape index (κ1) is 28.1. The maximum Gasteiger partial charge on any atom is 0.350 e. The van der Waals surface area contributed by atoms with Crippen LogP contribution in [0.4, 0.5) is 0 Å². The van der Waals surface area contributed by atoms with Gasteiger partial charge in [0.05, 0.1) is 39.7 Å². The van der Waals surface area contributed by atoms with Crippen molar-refractivity contribution in [3.8, 4) is 22.1 Å². The minimum Gasteiger partial charge on any atom is -0.497 e. The number of thiazole rings is 1. The van der Waals surface area contributed by atoms with Gasteiger partial charge in [0.25, 0.3) is 0 Å². The molecule has 0 aliphatic rings. The number of benzene rings is 3. The van der Waals surface area contributed by atoms with Gasteiger partial charge in [0.2, 0.25) is 0 Å². The predicted octanol–water partition coefficient (Wildman–Crippen LogP) is 5.42. The van der Waals surface area contributed by atoms with Crippen LogP contribution in [0.5, 0.6) is 11.5 Å². The van der Waals surface area contributed by atoms with E-state index in [-0.39, 0.29) is 32.3 Å². The molecule has 9 heteroatoms. The molecular weight excluding hydrogens is 516 g/mol. The normalized spacial score (nSPS) is 10.8. The number of rotatable bonds is 13. The lowest BCUT2D eigenvalue weighted by molar-refractivity contribution is -0.142. The summed E-state index contributed by atoms with van der Waals surface area (Å²) in [5, 5.41) is 6.00. The molecule has 4 rings (SSSR count). The van der Waals surface area contributed by atoms with Gasteiger partial charge >= 0.3 is 11.9 Å². The first-order chi connectivity index (χ1) is 19.0. The van der Waals surface area contributed by atoms with Crippen LogP contribution in [0.1, 0.15) is 34.3 Å². The lowest BCUT2D eigenvalue weighted by Crippen LogP contribution is -2.25. The van der Waals surface area contributed by atoms with Crippen LogP contribution >= 0.6 is 11.3 Å². The van der Waals surface area contributed by atoms with Crippen LogP contribution in [-0.4, -0.2) is 50.9 Å². The topological polar surface area (TPSA) is 96.0 Å². The van der Waals surface area contributed by atoms with Crippen LogP contribution in [-0.2, 0) is 27.2 Å². The highest BCUT2D eigenvalue weighted by molar-refractivity contribution is 7.17. The van der Waals surface area contributed by atoms with Gasteiger partial charge in [-0.15, -0.1) is 11.3 Å². The summed E-state index contributed by atoms with van der Waals surface area (Å²) in [5.41, 5.74) is 2.48. The number of aromatic nitrogens is 1. The number of fused-ring (bicyclic) bond motifs is 1. The molecule has 8 nitrogen and oxygen atoms in total. The average molecular weight is 549 g/mol. The van der Waals surface area contributed by atoms with Crippen molar-refractivity contribution < 1.29 is 28.5 Å². The van der Waals surface area contributed by atoms with Crippen molar-refractivity contribution >= 4 is 34.0 Å². The number of esters is 2. The van der Waals surface area contributed by atoms with E-state index in [0.717, 1.165) is 38.4 Å². The Morgan fingerprint density at radius 2 is 1.77 bits per heavy atom. The lowest BCUT2D eigenvalue weighted by Gasteiger charge is -2.10. The monoisotopic (exact) mass is 548 g/mol. The minimum absolute atomic E-state index is 0.00302. The van der Waals surface area contributed by atoms with Crippen molar-refractivity contribution in [2.75, 3.05) is 34.0 Å². The molecule has 0 fully saturated rings. The number of nitrogens with one attached hydrogen (secondary N) is 1. The molecule has 4 aromatic rings. The number of ether oxygens (including phenoxy) is 4. The van der Waals surface area contributed by atoms with Gasteiger partial charge < -0.3 is 24.3 Å². The highest BCUT2D eigenvalue weighted by Crippen LogP contribution is 2.31. The van der Waals surface area contributed by atoms with E-state index in [0.29, 0.717) is 23.4 Å². The van der Waals surface area contributed by atoms with Crippen LogP contribution in [0, 0.1) is 0 Å². The van der Waals surface area contributed by atoms with Crippen molar-refractivity contribution in [2.24, 2.45) is 0 Å². The summed E-state index contributed by atoms with van der Waals surface area (Å²) < 4.78 is 21.3. The smallest absolute Gasteiger partial charge is 0.350 e. The molecule has 204 valence electrons. The molecule has 0 atom stereocenters. The Morgan fingerprint density at radius 1 is 0.949 bits per heavy atom. The molecule has 3 aromatic carbocycles. The van der Waals surface area contributed by atoms with E-state index >= 15 is 0 Å². The molecule has 0 unspecified atom stereocenters. The molecule has 1 heterocycles. The Labute approximate surface area is 231 Å². The Kier molecular flexibility index (Phi) is 9.88. The van der Waals surface area contributed by atoms with Gasteiger partial charge in [-0.1, -0.05) is 42.5 Å². The van der Waals surface area contributed by atoms with Crippen molar-refractivity contribution in [1.82, 2.24) is 10.3 Å². The predicted molar refractivity (Wildman–Crippen MR) is 152 cm³/mol.